The van der Waals surface area contributed by atoms with Gasteiger partial charge in [0.2, 0.25) is 0 Å². The predicted octanol–water partition coefficient (Wildman–Crippen LogP) is 9.97. The predicted molar refractivity (Wildman–Crippen MR) is 156 cm³/mol. The van der Waals surface area contributed by atoms with E-state index in [2.05, 4.69) is 134 Å². The monoisotopic (exact) mass is 488 g/mol. The Hall–Kier alpha value is -4.07. The van der Waals surface area contributed by atoms with E-state index in [1.54, 1.807) is 0 Å². The van der Waals surface area contributed by atoms with E-state index < -0.39 is 0 Å². The molecule has 0 saturated carbocycles. The molecule has 1 heterocycles. The van der Waals surface area contributed by atoms with Crippen LogP contribution in [0.4, 0.5) is 0 Å². The van der Waals surface area contributed by atoms with Gasteiger partial charge < -0.3 is 0 Å². The van der Waals surface area contributed by atoms with Crippen LogP contribution in [0.5, 0.6) is 0 Å². The lowest BCUT2D eigenvalue weighted by Crippen LogP contribution is -2.23. The van der Waals surface area contributed by atoms with Crippen LogP contribution < -0.4 is 0 Å². The minimum atomic E-state index is -0.221. The number of benzene rings is 6. The summed E-state index contributed by atoms with van der Waals surface area (Å²) in [6.45, 7) is 2.40. The first-order chi connectivity index (χ1) is 18.2. The van der Waals surface area contributed by atoms with Crippen molar-refractivity contribution in [3.05, 3.63) is 144 Å². The number of fused-ring (bicyclic) bond motifs is 5. The zero-order valence-corrected chi connectivity index (χ0v) is 21.3. The molecule has 0 aromatic heterocycles. The lowest BCUT2D eigenvalue weighted by atomic mass is 9.72. The van der Waals surface area contributed by atoms with Crippen LogP contribution in [-0.4, -0.2) is 0 Å². The molecule has 6 aromatic rings. The van der Waals surface area contributed by atoms with Gasteiger partial charge in [0.1, 0.15) is 0 Å². The van der Waals surface area contributed by atoms with Crippen molar-refractivity contribution in [3.63, 3.8) is 0 Å². The maximum Gasteiger partial charge on any atom is 0.0441 e. The highest BCUT2D eigenvalue weighted by molar-refractivity contribution is 7.99. The molecule has 37 heavy (non-hydrogen) atoms. The van der Waals surface area contributed by atoms with Gasteiger partial charge in [-0.1, -0.05) is 121 Å². The molecule has 0 amide bonds. The lowest BCUT2D eigenvalue weighted by Gasteiger charge is -2.30. The van der Waals surface area contributed by atoms with Crippen molar-refractivity contribution in [2.75, 3.05) is 0 Å². The van der Waals surface area contributed by atoms with Crippen molar-refractivity contribution < 1.29 is 0 Å². The van der Waals surface area contributed by atoms with Gasteiger partial charge in [-0.2, -0.15) is 0 Å². The second-order valence-corrected chi connectivity index (χ2v) is 11.3. The Labute approximate surface area is 221 Å². The topological polar surface area (TPSA) is 0 Å². The van der Waals surface area contributed by atoms with Crippen molar-refractivity contribution >= 4 is 22.5 Å². The van der Waals surface area contributed by atoms with E-state index >= 15 is 0 Å². The molecule has 1 aliphatic heterocycles. The second-order valence-electron chi connectivity index (χ2n) is 10.2. The molecule has 1 unspecified atom stereocenters. The summed E-state index contributed by atoms with van der Waals surface area (Å²) in [5.74, 6) is 0. The van der Waals surface area contributed by atoms with E-state index in [9.17, 15) is 0 Å². The molecular weight excluding hydrogens is 464 g/mol. The summed E-state index contributed by atoms with van der Waals surface area (Å²) >= 11 is 1.89. The highest BCUT2D eigenvalue weighted by atomic mass is 32.2. The fourth-order valence-corrected chi connectivity index (χ4v) is 7.78. The van der Waals surface area contributed by atoms with Gasteiger partial charge in [0.15, 0.2) is 0 Å². The van der Waals surface area contributed by atoms with Crippen molar-refractivity contribution in [2.24, 2.45) is 0 Å². The summed E-state index contributed by atoms with van der Waals surface area (Å²) in [5.41, 5.74) is 11.9. The highest BCUT2D eigenvalue weighted by Crippen LogP contribution is 2.56. The van der Waals surface area contributed by atoms with Crippen LogP contribution in [0, 0.1) is 0 Å². The molecule has 2 aliphatic rings. The van der Waals surface area contributed by atoms with E-state index in [0.29, 0.717) is 0 Å². The number of rotatable bonds is 2. The lowest BCUT2D eigenvalue weighted by molar-refractivity contribution is 0.715. The van der Waals surface area contributed by atoms with E-state index in [-0.39, 0.29) is 5.41 Å². The first kappa shape index (κ1) is 21.1. The van der Waals surface area contributed by atoms with E-state index in [0.717, 1.165) is 0 Å². The Morgan fingerprint density at radius 1 is 0.514 bits per heavy atom. The summed E-state index contributed by atoms with van der Waals surface area (Å²) in [4.78, 5) is 2.68. The van der Waals surface area contributed by atoms with Crippen LogP contribution >= 0.6 is 11.8 Å². The smallest absolute Gasteiger partial charge is 0.0441 e. The second kappa shape index (κ2) is 7.71. The Kier molecular flexibility index (Phi) is 4.39. The van der Waals surface area contributed by atoms with Crippen molar-refractivity contribution in [1.82, 2.24) is 0 Å². The summed E-state index contributed by atoms with van der Waals surface area (Å²) in [5, 5.41) is 2.69. The zero-order valence-electron chi connectivity index (χ0n) is 20.5. The van der Waals surface area contributed by atoms with Gasteiger partial charge in [-0.15, -0.1) is 0 Å². The zero-order chi connectivity index (χ0) is 24.6. The van der Waals surface area contributed by atoms with Crippen LogP contribution in [0.1, 0.15) is 23.6 Å². The molecule has 0 nitrogen and oxygen atoms in total. The number of hydrogen-bond donors (Lipinski definition) is 0. The fourth-order valence-electron chi connectivity index (χ4n) is 6.65. The number of hydrogen-bond acceptors (Lipinski definition) is 1. The van der Waals surface area contributed by atoms with Crippen LogP contribution in [0.15, 0.2) is 137 Å². The Morgan fingerprint density at radius 2 is 1.22 bits per heavy atom. The van der Waals surface area contributed by atoms with Gasteiger partial charge in [0.05, 0.1) is 0 Å². The van der Waals surface area contributed by atoms with Crippen molar-refractivity contribution in [2.45, 2.75) is 22.1 Å². The standard InChI is InChI=1S/C36H24S/c1-36(25-12-3-2-4-13-25)31-18-6-5-14-27(31)29-17-9-15-26(35(29)36)24-20-21-32-30(22-24)28-16-7-10-23-11-8-19-33(37-32)34(23)28/h2-22H,1H3. The molecule has 0 radical (unpaired) electrons. The van der Waals surface area contributed by atoms with Gasteiger partial charge in [0.25, 0.3) is 0 Å². The van der Waals surface area contributed by atoms with Crippen molar-refractivity contribution in [3.8, 4) is 33.4 Å². The summed E-state index contributed by atoms with van der Waals surface area (Å²) in [6, 6.07) is 47.2. The molecule has 1 atom stereocenters. The molecular formula is C36H24S. The van der Waals surface area contributed by atoms with E-state index in [4.69, 9.17) is 0 Å². The van der Waals surface area contributed by atoms with E-state index in [1.165, 1.54) is 70.6 Å². The summed E-state index contributed by atoms with van der Waals surface area (Å²) in [7, 11) is 0. The van der Waals surface area contributed by atoms with Gasteiger partial charge in [-0.05, 0) is 80.6 Å². The quantitative estimate of drug-likeness (QED) is 0.233. The third-order valence-corrected chi connectivity index (χ3v) is 9.47. The molecule has 1 aliphatic carbocycles. The van der Waals surface area contributed by atoms with Crippen LogP contribution in [0.25, 0.3) is 44.2 Å². The first-order valence-corrected chi connectivity index (χ1v) is 13.7. The third-order valence-electron chi connectivity index (χ3n) is 8.34. The molecule has 0 bridgehead atoms. The Morgan fingerprint density at radius 3 is 2.11 bits per heavy atom. The summed E-state index contributed by atoms with van der Waals surface area (Å²) < 4.78 is 0. The normalized spacial score (nSPS) is 16.8. The third kappa shape index (κ3) is 2.86. The minimum absolute atomic E-state index is 0.221. The van der Waals surface area contributed by atoms with Gasteiger partial charge in [-0.25, -0.2) is 0 Å². The highest BCUT2D eigenvalue weighted by Gasteiger charge is 2.42. The Balaban J connectivity index is 1.40. The van der Waals surface area contributed by atoms with E-state index in [1.807, 2.05) is 11.8 Å². The molecule has 0 spiro atoms. The maximum absolute atomic E-state index is 2.43. The van der Waals surface area contributed by atoms with Gasteiger partial charge in [0, 0.05) is 20.6 Å². The molecule has 0 fully saturated rings. The van der Waals surface area contributed by atoms with Crippen LogP contribution in [0.2, 0.25) is 0 Å². The molecule has 1 heteroatoms. The molecule has 0 N–H and O–H groups in total. The van der Waals surface area contributed by atoms with Crippen LogP contribution in [0.3, 0.4) is 0 Å². The van der Waals surface area contributed by atoms with Crippen molar-refractivity contribution in [1.29, 1.82) is 0 Å². The van der Waals surface area contributed by atoms with Gasteiger partial charge >= 0.3 is 0 Å². The first-order valence-electron chi connectivity index (χ1n) is 12.9. The average Bonchev–Trinajstić information content (AvgIpc) is 3.23. The molecule has 174 valence electrons. The minimum Gasteiger partial charge on any atom is -0.0888 e. The largest absolute Gasteiger partial charge is 0.0888 e. The maximum atomic E-state index is 2.43. The SMILES string of the molecule is CC1(c2ccccc2)c2ccccc2-c2cccc(-c3ccc4c(c3)-c3cccc5cccc(c35)S4)c21. The molecule has 0 saturated heterocycles. The molecule has 6 aromatic carbocycles. The fraction of sp³-hybridized carbons (Fsp3) is 0.0556. The average molecular weight is 489 g/mol. The summed E-state index contributed by atoms with van der Waals surface area (Å²) in [6.07, 6.45) is 0. The van der Waals surface area contributed by atoms with Crippen LogP contribution in [-0.2, 0) is 5.41 Å². The Bertz CT molecular complexity index is 1860. The van der Waals surface area contributed by atoms with Gasteiger partial charge in [-0.3, -0.25) is 0 Å². The molecule has 8 rings (SSSR count).